The highest BCUT2D eigenvalue weighted by atomic mass is 32.1. The molecule has 1 atom stereocenters. The standard InChI is InChI=1S/C28H20N2O6S/c1-2-35-18-11-12-19-22(14-18)37-28(29-19)30-24(15-7-9-17(31)10-8-15)23(26(33)27(30)34)25(32)21-13-16-5-3-4-6-20(16)36-21/h3-14,24,31,33H,2H2,1H3. The number of carbonyl (C=O) groups is 2. The van der Waals surface area contributed by atoms with Crippen molar-refractivity contribution in [2.75, 3.05) is 11.5 Å². The number of para-hydroxylation sites is 1. The molecule has 1 aliphatic heterocycles. The number of aromatic hydroxyl groups is 1. The predicted octanol–water partition coefficient (Wildman–Crippen LogP) is 5.93. The number of thiazole rings is 1. The third-order valence-corrected chi connectivity index (χ3v) is 7.19. The maximum atomic E-state index is 13.7. The van der Waals surface area contributed by atoms with Crippen molar-refractivity contribution >= 4 is 49.3 Å². The number of anilines is 1. The first-order chi connectivity index (χ1) is 17.9. The molecule has 184 valence electrons. The number of fused-ring (bicyclic) bond motifs is 2. The molecule has 0 fully saturated rings. The van der Waals surface area contributed by atoms with Crippen molar-refractivity contribution in [3.8, 4) is 11.5 Å². The molecule has 9 heteroatoms. The Morgan fingerprint density at radius 2 is 1.86 bits per heavy atom. The summed E-state index contributed by atoms with van der Waals surface area (Å²) in [6.07, 6.45) is 0. The number of carbonyl (C=O) groups excluding carboxylic acids is 2. The summed E-state index contributed by atoms with van der Waals surface area (Å²) in [5.41, 5.74) is 1.56. The summed E-state index contributed by atoms with van der Waals surface area (Å²) in [5.74, 6) is -1.31. The van der Waals surface area contributed by atoms with Crippen LogP contribution in [0.5, 0.6) is 11.5 Å². The number of phenols is 1. The molecule has 0 saturated heterocycles. The van der Waals surface area contributed by atoms with Gasteiger partial charge in [-0.1, -0.05) is 41.7 Å². The number of furan rings is 1. The van der Waals surface area contributed by atoms with Crippen LogP contribution in [-0.4, -0.2) is 33.5 Å². The van der Waals surface area contributed by atoms with Crippen molar-refractivity contribution in [1.82, 2.24) is 4.98 Å². The number of hydrogen-bond donors (Lipinski definition) is 2. The van der Waals surface area contributed by atoms with Gasteiger partial charge in [-0.2, -0.15) is 0 Å². The molecule has 2 aromatic heterocycles. The van der Waals surface area contributed by atoms with E-state index in [2.05, 4.69) is 4.98 Å². The summed E-state index contributed by atoms with van der Waals surface area (Å²) in [6, 6.07) is 19.3. The zero-order valence-electron chi connectivity index (χ0n) is 19.5. The number of hydrogen-bond acceptors (Lipinski definition) is 8. The van der Waals surface area contributed by atoms with Gasteiger partial charge in [0.1, 0.15) is 17.1 Å². The van der Waals surface area contributed by atoms with Crippen LogP contribution >= 0.6 is 11.3 Å². The minimum atomic E-state index is -0.985. The lowest BCUT2D eigenvalue weighted by molar-refractivity contribution is -0.117. The average molecular weight is 513 g/mol. The number of rotatable bonds is 6. The van der Waals surface area contributed by atoms with E-state index >= 15 is 0 Å². The molecule has 6 rings (SSSR count). The van der Waals surface area contributed by atoms with Crippen LogP contribution in [0.3, 0.4) is 0 Å². The highest BCUT2D eigenvalue weighted by Gasteiger charge is 2.46. The number of aliphatic hydroxyl groups excluding tert-OH is 1. The third kappa shape index (κ3) is 3.80. The molecule has 0 aliphatic carbocycles. The molecule has 2 N–H and O–H groups in total. The van der Waals surface area contributed by atoms with Gasteiger partial charge in [0, 0.05) is 5.39 Å². The minimum Gasteiger partial charge on any atom is -0.508 e. The van der Waals surface area contributed by atoms with Gasteiger partial charge in [-0.25, -0.2) is 4.98 Å². The van der Waals surface area contributed by atoms with Crippen LogP contribution in [-0.2, 0) is 4.79 Å². The lowest BCUT2D eigenvalue weighted by Crippen LogP contribution is -2.30. The molecule has 0 spiro atoms. The zero-order chi connectivity index (χ0) is 25.7. The van der Waals surface area contributed by atoms with Crippen molar-refractivity contribution in [2.45, 2.75) is 13.0 Å². The maximum absolute atomic E-state index is 13.7. The molecular weight excluding hydrogens is 492 g/mol. The van der Waals surface area contributed by atoms with Crippen molar-refractivity contribution in [3.05, 3.63) is 95.5 Å². The molecule has 0 bridgehead atoms. The second-order valence-electron chi connectivity index (χ2n) is 8.47. The first-order valence-electron chi connectivity index (χ1n) is 11.6. The van der Waals surface area contributed by atoms with Gasteiger partial charge in [0.15, 0.2) is 16.7 Å². The first kappa shape index (κ1) is 22.8. The van der Waals surface area contributed by atoms with E-state index in [0.717, 1.165) is 10.1 Å². The smallest absolute Gasteiger partial charge is 0.296 e. The molecule has 5 aromatic rings. The Labute approximate surface area is 214 Å². The Hall–Kier alpha value is -4.63. The highest BCUT2D eigenvalue weighted by molar-refractivity contribution is 7.22. The van der Waals surface area contributed by atoms with Crippen molar-refractivity contribution in [2.24, 2.45) is 0 Å². The van der Waals surface area contributed by atoms with Gasteiger partial charge in [-0.15, -0.1) is 0 Å². The number of ketones is 1. The van der Waals surface area contributed by atoms with E-state index in [9.17, 15) is 19.8 Å². The van der Waals surface area contributed by atoms with Gasteiger partial charge in [0.2, 0.25) is 5.78 Å². The number of nitrogens with zero attached hydrogens (tertiary/aromatic N) is 2. The molecule has 8 nitrogen and oxygen atoms in total. The van der Waals surface area contributed by atoms with E-state index in [-0.39, 0.29) is 17.1 Å². The minimum absolute atomic E-state index is 0.00633. The number of phenolic OH excluding ortho intramolecular Hbond substituents is 1. The number of benzene rings is 3. The van der Waals surface area contributed by atoms with Gasteiger partial charge in [-0.3, -0.25) is 14.5 Å². The molecule has 3 heterocycles. The fraction of sp³-hybridized carbons (Fsp3) is 0.107. The van der Waals surface area contributed by atoms with E-state index in [1.54, 1.807) is 42.5 Å². The number of Topliss-reactive ketones (excluding diaryl/α,β-unsaturated/α-hetero) is 1. The van der Waals surface area contributed by atoms with Gasteiger partial charge in [0.05, 0.1) is 28.4 Å². The van der Waals surface area contributed by atoms with Crippen LogP contribution in [0.4, 0.5) is 5.13 Å². The van der Waals surface area contributed by atoms with E-state index in [1.165, 1.54) is 28.4 Å². The number of ether oxygens (including phenoxy) is 1. The lowest BCUT2D eigenvalue weighted by Gasteiger charge is -2.24. The van der Waals surface area contributed by atoms with Crippen molar-refractivity contribution < 1.29 is 29.0 Å². The van der Waals surface area contributed by atoms with Crippen molar-refractivity contribution in [1.29, 1.82) is 0 Å². The fourth-order valence-electron chi connectivity index (χ4n) is 4.49. The molecule has 3 aromatic carbocycles. The first-order valence-corrected chi connectivity index (χ1v) is 12.4. The molecule has 1 unspecified atom stereocenters. The molecule has 1 amide bonds. The maximum Gasteiger partial charge on any atom is 0.296 e. The summed E-state index contributed by atoms with van der Waals surface area (Å²) in [4.78, 5) is 33.1. The Morgan fingerprint density at radius 3 is 2.62 bits per heavy atom. The topological polar surface area (TPSA) is 113 Å². The van der Waals surface area contributed by atoms with Crippen molar-refractivity contribution in [3.63, 3.8) is 0 Å². The Kier molecular flexibility index (Phi) is 5.42. The van der Waals surface area contributed by atoms with Crippen LogP contribution in [0.15, 0.2) is 88.5 Å². The van der Waals surface area contributed by atoms with E-state index in [4.69, 9.17) is 9.15 Å². The Bertz CT molecular complexity index is 1680. The zero-order valence-corrected chi connectivity index (χ0v) is 20.4. The summed E-state index contributed by atoms with van der Waals surface area (Å²) in [6.45, 7) is 2.40. The normalized spacial score (nSPS) is 15.8. The summed E-state index contributed by atoms with van der Waals surface area (Å²) in [5, 5.41) is 21.9. The van der Waals surface area contributed by atoms with Crippen LogP contribution in [0, 0.1) is 0 Å². The predicted molar refractivity (Wildman–Crippen MR) is 139 cm³/mol. The fourth-order valence-corrected chi connectivity index (χ4v) is 5.51. The molecule has 0 radical (unpaired) electrons. The second kappa shape index (κ2) is 8.79. The van der Waals surface area contributed by atoms with Gasteiger partial charge in [-0.05, 0) is 55.0 Å². The van der Waals surface area contributed by atoms with Gasteiger partial charge in [0.25, 0.3) is 5.91 Å². The Balaban J connectivity index is 1.48. The lowest BCUT2D eigenvalue weighted by atomic mass is 9.95. The monoisotopic (exact) mass is 512 g/mol. The quantitative estimate of drug-likeness (QED) is 0.271. The van der Waals surface area contributed by atoms with Crippen LogP contribution in [0.2, 0.25) is 0 Å². The highest BCUT2D eigenvalue weighted by Crippen LogP contribution is 2.45. The Morgan fingerprint density at radius 1 is 1.08 bits per heavy atom. The summed E-state index contributed by atoms with van der Waals surface area (Å²) >= 11 is 1.25. The number of aromatic nitrogens is 1. The largest absolute Gasteiger partial charge is 0.508 e. The van der Waals surface area contributed by atoms with E-state index in [0.29, 0.717) is 34.2 Å². The molecular formula is C28H20N2O6S. The van der Waals surface area contributed by atoms with Gasteiger partial charge < -0.3 is 19.4 Å². The SMILES string of the molecule is CCOc1ccc2nc(N3C(=O)C(O)=C(C(=O)c4cc5ccccc5o4)C3c3ccc(O)cc3)sc2c1. The average Bonchev–Trinajstić information content (AvgIpc) is 3.58. The van der Waals surface area contributed by atoms with Gasteiger partial charge >= 0.3 is 0 Å². The number of amides is 1. The van der Waals surface area contributed by atoms with Crippen LogP contribution in [0.1, 0.15) is 29.1 Å². The summed E-state index contributed by atoms with van der Waals surface area (Å²) in [7, 11) is 0. The van der Waals surface area contributed by atoms with E-state index in [1.807, 2.05) is 25.1 Å². The molecule has 1 aliphatic rings. The van der Waals surface area contributed by atoms with Crippen LogP contribution in [0.25, 0.3) is 21.2 Å². The van der Waals surface area contributed by atoms with Crippen LogP contribution < -0.4 is 9.64 Å². The number of aliphatic hydroxyl groups is 1. The second-order valence-corrected chi connectivity index (χ2v) is 9.48. The summed E-state index contributed by atoms with van der Waals surface area (Å²) < 4.78 is 12.1. The van der Waals surface area contributed by atoms with E-state index < -0.39 is 23.5 Å². The molecule has 0 saturated carbocycles. The molecule has 37 heavy (non-hydrogen) atoms. The third-order valence-electron chi connectivity index (χ3n) is 6.18.